The van der Waals surface area contributed by atoms with E-state index in [1.54, 1.807) is 24.4 Å². The molecule has 0 aliphatic rings. The molecule has 1 aromatic carbocycles. The summed E-state index contributed by atoms with van der Waals surface area (Å²) in [5, 5.41) is 3.04. The lowest BCUT2D eigenvalue weighted by Crippen LogP contribution is -2.01. The first-order valence-corrected chi connectivity index (χ1v) is 5.16. The zero-order valence-electron chi connectivity index (χ0n) is 9.31. The molecule has 0 amide bonds. The van der Waals surface area contributed by atoms with Gasteiger partial charge in [0.1, 0.15) is 5.75 Å². The van der Waals surface area contributed by atoms with Crippen LogP contribution in [0.2, 0.25) is 0 Å². The van der Waals surface area contributed by atoms with Gasteiger partial charge in [0.25, 0.3) is 0 Å². The smallest absolute Gasteiger partial charge is 0.387 e. The SMILES string of the molecule is Nc1cncc(Nc2ccc(OC(F)F)cc2)c1. The van der Waals surface area contributed by atoms with Crippen LogP contribution in [0.5, 0.6) is 5.75 Å². The standard InChI is InChI=1S/C12H11F2N3O/c13-12(14)18-11-3-1-9(2-4-11)17-10-5-8(15)6-16-7-10/h1-7,12,17H,15H2. The molecule has 0 bridgehead atoms. The Labute approximate surface area is 102 Å². The molecule has 0 aliphatic carbocycles. The lowest BCUT2D eigenvalue weighted by atomic mass is 10.3. The first kappa shape index (κ1) is 12.1. The highest BCUT2D eigenvalue weighted by Gasteiger charge is 2.03. The molecule has 0 atom stereocenters. The second-order valence-electron chi connectivity index (χ2n) is 3.53. The van der Waals surface area contributed by atoms with Crippen molar-refractivity contribution >= 4 is 17.1 Å². The summed E-state index contributed by atoms with van der Waals surface area (Å²) in [5.41, 5.74) is 7.57. The Morgan fingerprint density at radius 2 is 1.83 bits per heavy atom. The van der Waals surface area contributed by atoms with Gasteiger partial charge in [-0.3, -0.25) is 4.98 Å². The number of anilines is 3. The molecule has 18 heavy (non-hydrogen) atoms. The van der Waals surface area contributed by atoms with Crippen molar-refractivity contribution < 1.29 is 13.5 Å². The first-order valence-electron chi connectivity index (χ1n) is 5.16. The molecule has 0 saturated heterocycles. The van der Waals surface area contributed by atoms with Crippen molar-refractivity contribution in [3.8, 4) is 5.75 Å². The van der Waals surface area contributed by atoms with Gasteiger partial charge in [0.2, 0.25) is 0 Å². The van der Waals surface area contributed by atoms with Gasteiger partial charge >= 0.3 is 6.61 Å². The molecule has 0 spiro atoms. The van der Waals surface area contributed by atoms with Gasteiger partial charge in [0.15, 0.2) is 0 Å². The van der Waals surface area contributed by atoms with E-state index >= 15 is 0 Å². The third-order valence-corrected chi connectivity index (χ3v) is 2.13. The molecular formula is C12H11F2N3O. The number of hydrogen-bond acceptors (Lipinski definition) is 4. The number of halogens is 2. The number of rotatable bonds is 4. The Kier molecular flexibility index (Phi) is 3.57. The van der Waals surface area contributed by atoms with Crippen molar-refractivity contribution in [3.63, 3.8) is 0 Å². The third kappa shape index (κ3) is 3.31. The summed E-state index contributed by atoms with van der Waals surface area (Å²) in [6.45, 7) is -2.82. The van der Waals surface area contributed by atoms with Crippen LogP contribution in [0, 0.1) is 0 Å². The number of nitrogens with one attached hydrogen (secondary N) is 1. The van der Waals surface area contributed by atoms with Crippen molar-refractivity contribution in [2.75, 3.05) is 11.1 Å². The fourth-order valence-electron chi connectivity index (χ4n) is 1.41. The number of nitrogens with two attached hydrogens (primary N) is 1. The molecule has 2 rings (SSSR count). The fourth-order valence-corrected chi connectivity index (χ4v) is 1.41. The highest BCUT2D eigenvalue weighted by Crippen LogP contribution is 2.21. The maximum Gasteiger partial charge on any atom is 0.387 e. The van der Waals surface area contributed by atoms with Crippen LogP contribution in [0.1, 0.15) is 0 Å². The van der Waals surface area contributed by atoms with Crippen molar-refractivity contribution in [2.24, 2.45) is 0 Å². The minimum Gasteiger partial charge on any atom is -0.435 e. The normalized spacial score (nSPS) is 10.4. The zero-order valence-corrected chi connectivity index (χ0v) is 9.31. The zero-order chi connectivity index (χ0) is 13.0. The van der Waals surface area contributed by atoms with E-state index in [9.17, 15) is 8.78 Å². The average molecular weight is 251 g/mol. The van der Waals surface area contributed by atoms with Crippen LogP contribution in [0.25, 0.3) is 0 Å². The maximum absolute atomic E-state index is 12.0. The topological polar surface area (TPSA) is 60.2 Å². The number of nitrogens with zero attached hydrogens (tertiary/aromatic N) is 1. The van der Waals surface area contributed by atoms with Crippen LogP contribution in [0.15, 0.2) is 42.7 Å². The summed E-state index contributed by atoms with van der Waals surface area (Å²) in [6.07, 6.45) is 3.14. The van der Waals surface area contributed by atoms with Gasteiger partial charge in [-0.1, -0.05) is 0 Å². The van der Waals surface area contributed by atoms with Gasteiger partial charge in [0.05, 0.1) is 17.6 Å². The van der Waals surface area contributed by atoms with Gasteiger partial charge in [-0.2, -0.15) is 8.78 Å². The first-order chi connectivity index (χ1) is 8.63. The molecule has 0 fully saturated rings. The molecule has 94 valence electrons. The number of nitrogen functional groups attached to an aromatic ring is 1. The molecule has 4 nitrogen and oxygen atoms in total. The predicted octanol–water partition coefficient (Wildman–Crippen LogP) is 3.01. The Hall–Kier alpha value is -2.37. The Morgan fingerprint density at radius 1 is 1.11 bits per heavy atom. The quantitative estimate of drug-likeness (QED) is 0.876. The van der Waals surface area contributed by atoms with Gasteiger partial charge in [-0.15, -0.1) is 0 Å². The summed E-state index contributed by atoms with van der Waals surface area (Å²) < 4.78 is 28.1. The summed E-state index contributed by atoms with van der Waals surface area (Å²) in [6, 6.07) is 7.88. The van der Waals surface area contributed by atoms with Gasteiger partial charge in [-0.25, -0.2) is 0 Å². The molecule has 1 aromatic heterocycles. The predicted molar refractivity (Wildman–Crippen MR) is 65.0 cm³/mol. The fraction of sp³-hybridized carbons (Fsp3) is 0.0833. The molecule has 0 unspecified atom stereocenters. The van der Waals surface area contributed by atoms with Crippen molar-refractivity contribution in [2.45, 2.75) is 6.61 Å². The van der Waals surface area contributed by atoms with Crippen molar-refractivity contribution in [3.05, 3.63) is 42.7 Å². The van der Waals surface area contributed by atoms with Crippen LogP contribution in [-0.2, 0) is 0 Å². The maximum atomic E-state index is 12.0. The van der Waals surface area contributed by atoms with Gasteiger partial charge in [-0.05, 0) is 30.3 Å². The lowest BCUT2D eigenvalue weighted by molar-refractivity contribution is -0.0498. The van der Waals surface area contributed by atoms with E-state index in [0.717, 1.165) is 11.4 Å². The van der Waals surface area contributed by atoms with Crippen molar-refractivity contribution in [1.29, 1.82) is 0 Å². The van der Waals surface area contributed by atoms with E-state index in [4.69, 9.17) is 5.73 Å². The second-order valence-corrected chi connectivity index (χ2v) is 3.53. The Bertz CT molecular complexity index is 517. The number of hydrogen-bond donors (Lipinski definition) is 2. The molecule has 3 N–H and O–H groups in total. The van der Waals surface area contributed by atoms with Crippen molar-refractivity contribution in [1.82, 2.24) is 4.98 Å². The monoisotopic (exact) mass is 251 g/mol. The molecule has 0 aliphatic heterocycles. The molecule has 0 saturated carbocycles. The molecule has 0 radical (unpaired) electrons. The van der Waals surface area contributed by atoms with E-state index in [1.807, 2.05) is 0 Å². The van der Waals surface area contributed by atoms with E-state index in [-0.39, 0.29) is 5.75 Å². The lowest BCUT2D eigenvalue weighted by Gasteiger charge is -2.08. The van der Waals surface area contributed by atoms with Crippen LogP contribution in [-0.4, -0.2) is 11.6 Å². The van der Waals surface area contributed by atoms with E-state index in [1.165, 1.54) is 18.3 Å². The van der Waals surface area contributed by atoms with Crippen LogP contribution in [0.4, 0.5) is 25.8 Å². The number of alkyl halides is 2. The number of pyridine rings is 1. The summed E-state index contributed by atoms with van der Waals surface area (Å²) in [7, 11) is 0. The summed E-state index contributed by atoms with van der Waals surface area (Å²) in [5.74, 6) is 0.112. The van der Waals surface area contributed by atoms with E-state index < -0.39 is 6.61 Å². The molecular weight excluding hydrogens is 240 g/mol. The second kappa shape index (κ2) is 5.31. The van der Waals surface area contributed by atoms with E-state index in [2.05, 4.69) is 15.0 Å². The number of aromatic nitrogens is 1. The minimum atomic E-state index is -2.82. The number of ether oxygens (including phenoxy) is 1. The summed E-state index contributed by atoms with van der Waals surface area (Å²) in [4.78, 5) is 3.93. The number of benzene rings is 1. The van der Waals surface area contributed by atoms with E-state index in [0.29, 0.717) is 5.69 Å². The van der Waals surface area contributed by atoms with Crippen LogP contribution in [0.3, 0.4) is 0 Å². The summed E-state index contributed by atoms with van der Waals surface area (Å²) >= 11 is 0. The molecule has 2 aromatic rings. The molecule has 6 heteroatoms. The third-order valence-electron chi connectivity index (χ3n) is 2.13. The average Bonchev–Trinajstić information content (AvgIpc) is 2.31. The highest BCUT2D eigenvalue weighted by molar-refractivity contribution is 5.62. The Balaban J connectivity index is 2.06. The largest absolute Gasteiger partial charge is 0.435 e. The minimum absolute atomic E-state index is 0.112. The Morgan fingerprint density at radius 3 is 2.44 bits per heavy atom. The molecule has 1 heterocycles. The van der Waals surface area contributed by atoms with Gasteiger partial charge < -0.3 is 15.8 Å². The highest BCUT2D eigenvalue weighted by atomic mass is 19.3. The van der Waals surface area contributed by atoms with Crippen LogP contribution < -0.4 is 15.8 Å². The van der Waals surface area contributed by atoms with Gasteiger partial charge in [0, 0.05) is 11.9 Å². The van der Waals surface area contributed by atoms with Crippen LogP contribution >= 0.6 is 0 Å².